The molecule has 0 aliphatic carbocycles. The molecule has 0 spiro atoms. The average molecular weight is 310 g/mol. The zero-order valence-corrected chi connectivity index (χ0v) is 14.3. The molecule has 0 radical (unpaired) electrons. The highest BCUT2D eigenvalue weighted by atomic mass is 32.1. The lowest BCUT2D eigenvalue weighted by Crippen LogP contribution is -2.24. The van der Waals surface area contributed by atoms with Gasteiger partial charge >= 0.3 is 5.97 Å². The molecular formula is C16H26N2O2S. The minimum Gasteiger partial charge on any atom is -0.477 e. The lowest BCUT2D eigenvalue weighted by molar-refractivity contribution is 0.0699. The SMILES string of the molecule is CCC1CCCN(c2nc(C(C)(C)C)c(C(=O)O)s2)CC1. The molecule has 1 aliphatic rings. The van der Waals surface area contributed by atoms with Crippen LogP contribution in [0.5, 0.6) is 0 Å². The Morgan fingerprint density at radius 1 is 1.38 bits per heavy atom. The molecule has 118 valence electrons. The number of hydrogen-bond acceptors (Lipinski definition) is 4. The number of carboxylic acid groups (broad SMARTS) is 1. The van der Waals surface area contributed by atoms with Gasteiger partial charge in [0, 0.05) is 18.5 Å². The monoisotopic (exact) mass is 310 g/mol. The molecule has 1 atom stereocenters. The molecule has 1 aliphatic heterocycles. The molecule has 1 aromatic rings. The fourth-order valence-electron chi connectivity index (χ4n) is 2.86. The molecule has 1 N–H and O–H groups in total. The standard InChI is InChI=1S/C16H26N2O2S/c1-5-11-7-6-9-18(10-8-11)15-17-13(16(2,3)4)12(21-15)14(19)20/h11H,5-10H2,1-4H3,(H,19,20). The van der Waals surface area contributed by atoms with Gasteiger partial charge in [-0.3, -0.25) is 0 Å². The van der Waals surface area contributed by atoms with Gasteiger partial charge in [-0.15, -0.1) is 0 Å². The summed E-state index contributed by atoms with van der Waals surface area (Å²) in [5, 5.41) is 10.3. The van der Waals surface area contributed by atoms with Gasteiger partial charge in [-0.1, -0.05) is 45.5 Å². The van der Waals surface area contributed by atoms with Crippen LogP contribution in [0.1, 0.15) is 68.7 Å². The first-order chi connectivity index (χ1) is 9.82. The number of thiazole rings is 1. The second-order valence-electron chi connectivity index (χ2n) is 6.92. The Hall–Kier alpha value is -1.10. The fourth-order valence-corrected chi connectivity index (χ4v) is 4.03. The van der Waals surface area contributed by atoms with Crippen molar-refractivity contribution in [2.45, 2.75) is 58.8 Å². The topological polar surface area (TPSA) is 53.4 Å². The second-order valence-corrected chi connectivity index (χ2v) is 7.90. The third-order valence-corrected chi connectivity index (χ3v) is 5.32. The van der Waals surface area contributed by atoms with Crippen molar-refractivity contribution in [2.75, 3.05) is 18.0 Å². The molecule has 5 heteroatoms. The maximum atomic E-state index is 11.5. The minimum atomic E-state index is -0.857. The predicted molar refractivity (Wildman–Crippen MR) is 87.6 cm³/mol. The van der Waals surface area contributed by atoms with Gasteiger partial charge in [0.05, 0.1) is 5.69 Å². The molecule has 1 saturated heterocycles. The van der Waals surface area contributed by atoms with Crippen LogP contribution in [0, 0.1) is 5.92 Å². The number of carbonyl (C=O) groups is 1. The second kappa shape index (κ2) is 6.34. The average Bonchev–Trinajstić information content (AvgIpc) is 2.72. The Labute approximate surface area is 131 Å². The van der Waals surface area contributed by atoms with Gasteiger partial charge in [0.25, 0.3) is 0 Å². The van der Waals surface area contributed by atoms with Gasteiger partial charge in [-0.25, -0.2) is 9.78 Å². The highest BCUT2D eigenvalue weighted by Gasteiger charge is 2.29. The van der Waals surface area contributed by atoms with E-state index in [1.165, 1.54) is 37.0 Å². The number of hydrogen-bond donors (Lipinski definition) is 1. The molecule has 1 fully saturated rings. The summed E-state index contributed by atoms with van der Waals surface area (Å²) in [6.45, 7) is 10.3. The zero-order valence-electron chi connectivity index (χ0n) is 13.5. The first-order valence-electron chi connectivity index (χ1n) is 7.82. The Bertz CT molecular complexity index is 505. The van der Waals surface area contributed by atoms with Crippen molar-refractivity contribution in [1.82, 2.24) is 4.98 Å². The first-order valence-corrected chi connectivity index (χ1v) is 8.64. The van der Waals surface area contributed by atoms with Crippen molar-refractivity contribution >= 4 is 22.4 Å². The minimum absolute atomic E-state index is 0.236. The number of rotatable bonds is 3. The van der Waals surface area contributed by atoms with Crippen molar-refractivity contribution in [3.63, 3.8) is 0 Å². The molecule has 2 rings (SSSR count). The van der Waals surface area contributed by atoms with Crippen LogP contribution < -0.4 is 4.90 Å². The first kappa shape index (κ1) is 16.3. The quantitative estimate of drug-likeness (QED) is 0.911. The van der Waals surface area contributed by atoms with Crippen LogP contribution in [0.4, 0.5) is 5.13 Å². The van der Waals surface area contributed by atoms with Crippen LogP contribution >= 0.6 is 11.3 Å². The van der Waals surface area contributed by atoms with Gasteiger partial charge in [-0.2, -0.15) is 0 Å². The summed E-state index contributed by atoms with van der Waals surface area (Å²) in [5.41, 5.74) is 0.478. The Morgan fingerprint density at radius 2 is 2.10 bits per heavy atom. The van der Waals surface area contributed by atoms with E-state index in [4.69, 9.17) is 0 Å². The number of aromatic carboxylic acids is 1. The molecular weight excluding hydrogens is 284 g/mol. The lowest BCUT2D eigenvalue weighted by atomic mass is 9.91. The van der Waals surface area contributed by atoms with E-state index >= 15 is 0 Å². The van der Waals surface area contributed by atoms with E-state index in [9.17, 15) is 9.90 Å². The smallest absolute Gasteiger partial charge is 0.347 e. The lowest BCUT2D eigenvalue weighted by Gasteiger charge is -2.20. The van der Waals surface area contributed by atoms with Crippen molar-refractivity contribution < 1.29 is 9.90 Å². The number of anilines is 1. The van der Waals surface area contributed by atoms with Crippen molar-refractivity contribution in [1.29, 1.82) is 0 Å². The van der Waals surface area contributed by atoms with Crippen LogP contribution in [0.25, 0.3) is 0 Å². The van der Waals surface area contributed by atoms with Crippen molar-refractivity contribution in [2.24, 2.45) is 5.92 Å². The van der Waals surface area contributed by atoms with Crippen LogP contribution in [-0.4, -0.2) is 29.1 Å². The van der Waals surface area contributed by atoms with E-state index in [0.717, 1.165) is 24.1 Å². The van der Waals surface area contributed by atoms with Gasteiger partial charge in [0.1, 0.15) is 4.88 Å². The summed E-state index contributed by atoms with van der Waals surface area (Å²) < 4.78 is 0. The largest absolute Gasteiger partial charge is 0.477 e. The number of nitrogens with zero attached hydrogens (tertiary/aromatic N) is 2. The molecule has 0 bridgehead atoms. The summed E-state index contributed by atoms with van der Waals surface area (Å²) in [6, 6.07) is 0. The molecule has 1 unspecified atom stereocenters. The van der Waals surface area contributed by atoms with Crippen LogP contribution in [0.15, 0.2) is 0 Å². The number of aromatic nitrogens is 1. The number of carboxylic acids is 1. The van der Waals surface area contributed by atoms with Crippen LogP contribution in [-0.2, 0) is 5.41 Å². The molecule has 0 aromatic carbocycles. The van der Waals surface area contributed by atoms with Crippen LogP contribution in [0.3, 0.4) is 0 Å². The van der Waals surface area contributed by atoms with Gasteiger partial charge < -0.3 is 10.0 Å². The summed E-state index contributed by atoms with van der Waals surface area (Å²) in [5.74, 6) is -0.0547. The van der Waals surface area contributed by atoms with Crippen LogP contribution in [0.2, 0.25) is 0 Å². The third-order valence-electron chi connectivity index (χ3n) is 4.22. The van der Waals surface area contributed by atoms with Gasteiger partial charge in [0.2, 0.25) is 0 Å². The van der Waals surface area contributed by atoms with Gasteiger partial charge in [-0.05, 0) is 25.2 Å². The van der Waals surface area contributed by atoms with E-state index in [0.29, 0.717) is 10.6 Å². The summed E-state index contributed by atoms with van der Waals surface area (Å²) in [7, 11) is 0. The maximum Gasteiger partial charge on any atom is 0.347 e. The Kier molecular flexibility index (Phi) is 4.91. The molecule has 21 heavy (non-hydrogen) atoms. The normalized spacial score (nSPS) is 20.4. The van der Waals surface area contributed by atoms with Gasteiger partial charge in [0.15, 0.2) is 5.13 Å². The Balaban J connectivity index is 2.26. The predicted octanol–water partition coefficient (Wildman–Crippen LogP) is 4.16. The van der Waals surface area contributed by atoms with E-state index in [1.54, 1.807) is 0 Å². The molecule has 1 aromatic heterocycles. The summed E-state index contributed by atoms with van der Waals surface area (Å²) >= 11 is 1.33. The van der Waals surface area contributed by atoms with E-state index in [-0.39, 0.29) is 5.41 Å². The Morgan fingerprint density at radius 3 is 2.62 bits per heavy atom. The summed E-state index contributed by atoms with van der Waals surface area (Å²) in [4.78, 5) is 18.8. The van der Waals surface area contributed by atoms with E-state index in [1.807, 2.05) is 20.8 Å². The molecule has 0 amide bonds. The zero-order chi connectivity index (χ0) is 15.6. The summed E-state index contributed by atoms with van der Waals surface area (Å²) in [6.07, 6.45) is 4.87. The molecule has 2 heterocycles. The fraction of sp³-hybridized carbons (Fsp3) is 0.750. The van der Waals surface area contributed by atoms with Crippen molar-refractivity contribution in [3.8, 4) is 0 Å². The highest BCUT2D eigenvalue weighted by Crippen LogP contribution is 2.35. The molecule has 0 saturated carbocycles. The molecule has 4 nitrogen and oxygen atoms in total. The highest BCUT2D eigenvalue weighted by molar-refractivity contribution is 7.17. The third kappa shape index (κ3) is 3.76. The van der Waals surface area contributed by atoms with E-state index < -0.39 is 5.97 Å². The van der Waals surface area contributed by atoms with Crippen molar-refractivity contribution in [3.05, 3.63) is 10.6 Å². The van der Waals surface area contributed by atoms with E-state index in [2.05, 4.69) is 16.8 Å². The maximum absolute atomic E-state index is 11.5.